The van der Waals surface area contributed by atoms with Crippen LogP contribution in [0.25, 0.3) is 0 Å². The number of nitrogens with zero attached hydrogens (tertiary/aromatic N) is 1. The Labute approximate surface area is 91.0 Å². The van der Waals surface area contributed by atoms with Gasteiger partial charge in [-0.15, -0.1) is 0 Å². The zero-order valence-corrected chi connectivity index (χ0v) is 8.61. The fourth-order valence-corrected chi connectivity index (χ4v) is 1.69. The summed E-state index contributed by atoms with van der Waals surface area (Å²) in [5, 5.41) is 2.81. The van der Waals surface area contributed by atoms with Gasteiger partial charge in [0.05, 0.1) is 10.7 Å². The maximum atomic E-state index is 13.3. The molecule has 1 aliphatic heterocycles. The van der Waals surface area contributed by atoms with E-state index in [9.17, 15) is 8.78 Å². The lowest BCUT2D eigenvalue weighted by Crippen LogP contribution is -2.10. The molecule has 2 nitrogen and oxygen atoms in total. The van der Waals surface area contributed by atoms with E-state index in [4.69, 9.17) is 11.6 Å². The highest BCUT2D eigenvalue weighted by Crippen LogP contribution is 2.27. The summed E-state index contributed by atoms with van der Waals surface area (Å²) in [5.74, 6) is -0.687. The third kappa shape index (κ3) is 2.26. The predicted molar refractivity (Wildman–Crippen MR) is 56.5 cm³/mol. The highest BCUT2D eigenvalue weighted by Gasteiger charge is 2.13. The summed E-state index contributed by atoms with van der Waals surface area (Å²) in [6, 6.07) is 1.87. The molecule has 1 N–H and O–H groups in total. The molecular weight excluding hydrogens is 222 g/mol. The summed E-state index contributed by atoms with van der Waals surface area (Å²) in [7, 11) is 0. The lowest BCUT2D eigenvalue weighted by Gasteiger charge is -2.08. The zero-order chi connectivity index (χ0) is 10.8. The molecule has 1 aliphatic rings. The molecule has 2 rings (SSSR count). The number of hydrogen-bond acceptors (Lipinski definition) is 2. The summed E-state index contributed by atoms with van der Waals surface area (Å²) in [6.07, 6.45) is 1.72. The molecule has 0 radical (unpaired) electrons. The van der Waals surface area contributed by atoms with Crippen molar-refractivity contribution in [2.75, 3.05) is 11.9 Å². The second kappa shape index (κ2) is 4.14. The van der Waals surface area contributed by atoms with Crippen LogP contribution < -0.4 is 5.32 Å². The number of amidine groups is 1. The lowest BCUT2D eigenvalue weighted by molar-refractivity contribution is 0.586. The Morgan fingerprint density at radius 1 is 1.33 bits per heavy atom. The smallest absolute Gasteiger partial charge is 0.151 e. The summed E-state index contributed by atoms with van der Waals surface area (Å²) in [4.78, 5) is 4.12. The Bertz CT molecular complexity index is 395. The molecule has 0 bridgehead atoms. The van der Waals surface area contributed by atoms with Crippen LogP contribution in [0.5, 0.6) is 0 Å². The van der Waals surface area contributed by atoms with Crippen LogP contribution in [0.2, 0.25) is 5.02 Å². The normalized spacial score (nSPS) is 15.3. The lowest BCUT2D eigenvalue weighted by atomic mass is 10.2. The van der Waals surface area contributed by atoms with E-state index in [0.29, 0.717) is 5.84 Å². The zero-order valence-electron chi connectivity index (χ0n) is 7.86. The van der Waals surface area contributed by atoms with Gasteiger partial charge in [0, 0.05) is 19.0 Å². The first-order valence-corrected chi connectivity index (χ1v) is 4.99. The fourth-order valence-electron chi connectivity index (χ4n) is 1.45. The molecule has 0 aromatic heterocycles. The number of aliphatic imine (C=N–C) groups is 1. The third-order valence-corrected chi connectivity index (χ3v) is 2.45. The van der Waals surface area contributed by atoms with Gasteiger partial charge in [-0.05, 0) is 12.5 Å². The second-order valence-electron chi connectivity index (χ2n) is 3.30. The maximum Gasteiger partial charge on any atom is 0.151 e. The van der Waals surface area contributed by atoms with Crippen molar-refractivity contribution in [3.05, 3.63) is 28.8 Å². The monoisotopic (exact) mass is 230 g/mol. The number of benzene rings is 1. The largest absolute Gasteiger partial charge is 0.340 e. The Hall–Kier alpha value is -1.16. The Kier molecular flexibility index (Phi) is 2.86. The molecule has 15 heavy (non-hydrogen) atoms. The van der Waals surface area contributed by atoms with E-state index in [2.05, 4.69) is 10.3 Å². The molecule has 0 atom stereocenters. The highest BCUT2D eigenvalue weighted by atomic mass is 35.5. The number of nitrogens with one attached hydrogen (secondary N) is 1. The van der Waals surface area contributed by atoms with Gasteiger partial charge >= 0.3 is 0 Å². The number of halogens is 3. The highest BCUT2D eigenvalue weighted by molar-refractivity contribution is 6.33. The van der Waals surface area contributed by atoms with Gasteiger partial charge in [-0.2, -0.15) is 0 Å². The van der Waals surface area contributed by atoms with Crippen molar-refractivity contribution in [2.24, 2.45) is 4.99 Å². The van der Waals surface area contributed by atoms with Crippen LogP contribution in [-0.4, -0.2) is 12.4 Å². The van der Waals surface area contributed by atoms with Crippen molar-refractivity contribution in [3.63, 3.8) is 0 Å². The van der Waals surface area contributed by atoms with Crippen molar-refractivity contribution in [2.45, 2.75) is 12.8 Å². The summed E-state index contributed by atoms with van der Waals surface area (Å²) < 4.78 is 26.1. The summed E-state index contributed by atoms with van der Waals surface area (Å²) in [5.41, 5.74) is 0.0960. The van der Waals surface area contributed by atoms with Crippen LogP contribution in [0.15, 0.2) is 17.1 Å². The van der Waals surface area contributed by atoms with Crippen LogP contribution in [0, 0.1) is 11.6 Å². The number of rotatable bonds is 1. The van der Waals surface area contributed by atoms with E-state index in [-0.39, 0.29) is 10.7 Å². The van der Waals surface area contributed by atoms with Crippen LogP contribution in [0.1, 0.15) is 12.8 Å². The number of hydrogen-bond donors (Lipinski definition) is 1. The molecule has 80 valence electrons. The van der Waals surface area contributed by atoms with Crippen LogP contribution in [0.3, 0.4) is 0 Å². The topological polar surface area (TPSA) is 24.4 Å². The quantitative estimate of drug-likeness (QED) is 0.787. The molecule has 0 saturated heterocycles. The standard InChI is InChI=1S/C10H9ClF2N2/c11-7-4-6(12)5-8(13)10(7)15-9-2-1-3-14-9/h4-5H,1-3H2,(H,14,15). The van der Waals surface area contributed by atoms with E-state index >= 15 is 0 Å². The minimum atomic E-state index is -0.699. The van der Waals surface area contributed by atoms with Gasteiger partial charge < -0.3 is 5.32 Å². The van der Waals surface area contributed by atoms with Gasteiger partial charge in [-0.1, -0.05) is 11.6 Å². The van der Waals surface area contributed by atoms with Crippen LogP contribution in [0.4, 0.5) is 14.5 Å². The van der Waals surface area contributed by atoms with Crippen LogP contribution in [-0.2, 0) is 0 Å². The van der Waals surface area contributed by atoms with Crippen molar-refractivity contribution >= 4 is 23.1 Å². The van der Waals surface area contributed by atoms with Crippen LogP contribution >= 0.6 is 11.6 Å². The average Bonchev–Trinajstić information content (AvgIpc) is 2.63. The van der Waals surface area contributed by atoms with E-state index in [0.717, 1.165) is 31.5 Å². The van der Waals surface area contributed by atoms with Crippen molar-refractivity contribution in [1.29, 1.82) is 0 Å². The molecular formula is C10H9ClF2N2. The Morgan fingerprint density at radius 3 is 2.73 bits per heavy atom. The molecule has 0 aliphatic carbocycles. The van der Waals surface area contributed by atoms with Gasteiger partial charge in [0.1, 0.15) is 11.7 Å². The summed E-state index contributed by atoms with van der Waals surface area (Å²) in [6.45, 7) is 0.739. The van der Waals surface area contributed by atoms with Crippen molar-refractivity contribution in [3.8, 4) is 0 Å². The van der Waals surface area contributed by atoms with Gasteiger partial charge in [-0.25, -0.2) is 8.78 Å². The van der Waals surface area contributed by atoms with E-state index in [1.54, 1.807) is 0 Å². The molecule has 0 spiro atoms. The minimum absolute atomic E-state index is 0.0297. The van der Waals surface area contributed by atoms with E-state index < -0.39 is 11.6 Å². The molecule has 0 fully saturated rings. The number of anilines is 1. The molecule has 5 heteroatoms. The second-order valence-corrected chi connectivity index (χ2v) is 3.71. The first-order chi connectivity index (χ1) is 7.16. The molecule has 0 amide bonds. The first kappa shape index (κ1) is 10.4. The Balaban J connectivity index is 2.27. The molecule has 1 aromatic rings. The van der Waals surface area contributed by atoms with E-state index in [1.807, 2.05) is 0 Å². The predicted octanol–water partition coefficient (Wildman–Crippen LogP) is 3.22. The van der Waals surface area contributed by atoms with Gasteiger partial charge in [-0.3, -0.25) is 4.99 Å². The summed E-state index contributed by atoms with van der Waals surface area (Å²) >= 11 is 5.72. The van der Waals surface area contributed by atoms with Gasteiger partial charge in [0.25, 0.3) is 0 Å². The van der Waals surface area contributed by atoms with Gasteiger partial charge in [0.2, 0.25) is 0 Å². The van der Waals surface area contributed by atoms with Crippen molar-refractivity contribution in [1.82, 2.24) is 0 Å². The third-order valence-electron chi connectivity index (χ3n) is 2.15. The van der Waals surface area contributed by atoms with Crippen molar-refractivity contribution < 1.29 is 8.78 Å². The maximum absolute atomic E-state index is 13.3. The molecule has 1 heterocycles. The average molecular weight is 231 g/mol. The fraction of sp³-hybridized carbons (Fsp3) is 0.300. The van der Waals surface area contributed by atoms with E-state index in [1.165, 1.54) is 0 Å². The first-order valence-electron chi connectivity index (χ1n) is 4.62. The molecule has 0 saturated carbocycles. The Morgan fingerprint density at radius 2 is 2.13 bits per heavy atom. The van der Waals surface area contributed by atoms with Gasteiger partial charge in [0.15, 0.2) is 5.82 Å². The SMILES string of the molecule is Fc1cc(F)c(NC2=NCCC2)c(Cl)c1. The molecule has 1 aromatic carbocycles. The molecule has 0 unspecified atom stereocenters. The minimum Gasteiger partial charge on any atom is -0.340 e.